The van der Waals surface area contributed by atoms with E-state index in [0.717, 1.165) is 31.8 Å². The number of carbonyl (C=O) groups excluding carboxylic acids is 2. The second-order valence-electron chi connectivity index (χ2n) is 8.64. The molecule has 3 amide bonds. The van der Waals surface area contributed by atoms with E-state index in [-0.39, 0.29) is 18.0 Å². The van der Waals surface area contributed by atoms with Gasteiger partial charge in [0, 0.05) is 32.2 Å². The van der Waals surface area contributed by atoms with Crippen LogP contribution in [0.5, 0.6) is 0 Å². The van der Waals surface area contributed by atoms with Gasteiger partial charge in [0.05, 0.1) is 6.26 Å². The van der Waals surface area contributed by atoms with Gasteiger partial charge in [-0.05, 0) is 57.2 Å². The molecule has 0 saturated carbocycles. The van der Waals surface area contributed by atoms with Gasteiger partial charge in [0.25, 0.3) is 5.91 Å². The van der Waals surface area contributed by atoms with Gasteiger partial charge >= 0.3 is 6.03 Å². The van der Waals surface area contributed by atoms with Crippen LogP contribution < -0.4 is 0 Å². The Hall–Kier alpha value is -2.08. The molecule has 0 radical (unpaired) electrons. The van der Waals surface area contributed by atoms with Gasteiger partial charge in [-0.2, -0.15) is 0 Å². The van der Waals surface area contributed by atoms with Gasteiger partial charge in [-0.3, -0.25) is 14.6 Å². The van der Waals surface area contributed by atoms with Crippen molar-refractivity contribution in [2.24, 2.45) is 5.92 Å². The lowest BCUT2D eigenvalue weighted by Crippen LogP contribution is -2.57. The molecule has 1 aromatic rings. The molecule has 1 aromatic heterocycles. The first-order valence-corrected chi connectivity index (χ1v) is 10.4. The molecule has 3 heterocycles. The third kappa shape index (κ3) is 4.02. The smallest absolute Gasteiger partial charge is 0.327 e. The van der Waals surface area contributed by atoms with Crippen molar-refractivity contribution in [1.29, 1.82) is 0 Å². The Labute approximate surface area is 168 Å². The van der Waals surface area contributed by atoms with E-state index >= 15 is 0 Å². The summed E-state index contributed by atoms with van der Waals surface area (Å²) in [5.74, 6) is 1.35. The maximum Gasteiger partial charge on any atom is 0.327 e. The molecule has 28 heavy (non-hydrogen) atoms. The highest BCUT2D eigenvalue weighted by molar-refractivity contribution is 6.07. The van der Waals surface area contributed by atoms with Crippen LogP contribution in [0.4, 0.5) is 4.79 Å². The number of nitrogens with zero attached hydrogens (tertiary/aromatic N) is 3. The predicted octanol–water partition coefficient (Wildman–Crippen LogP) is 3.85. The van der Waals surface area contributed by atoms with Crippen molar-refractivity contribution in [3.8, 4) is 0 Å². The van der Waals surface area contributed by atoms with E-state index in [1.54, 1.807) is 6.26 Å². The first kappa shape index (κ1) is 20.6. The van der Waals surface area contributed by atoms with Crippen molar-refractivity contribution < 1.29 is 14.0 Å². The van der Waals surface area contributed by atoms with E-state index in [4.69, 9.17) is 4.42 Å². The summed E-state index contributed by atoms with van der Waals surface area (Å²) in [5.41, 5.74) is -0.655. The fraction of sp³-hybridized carbons (Fsp3) is 0.636. The van der Waals surface area contributed by atoms with E-state index in [1.807, 2.05) is 37.0 Å². The molecule has 6 nitrogen and oxygen atoms in total. The number of imide groups is 1. The second-order valence-corrected chi connectivity index (χ2v) is 8.64. The zero-order valence-corrected chi connectivity index (χ0v) is 17.6. The number of rotatable bonds is 7. The number of piperidine rings is 1. The quantitative estimate of drug-likeness (QED) is 0.667. The van der Waals surface area contributed by atoms with Crippen molar-refractivity contribution in [1.82, 2.24) is 14.7 Å². The van der Waals surface area contributed by atoms with Crippen molar-refractivity contribution in [3.05, 3.63) is 30.2 Å². The zero-order chi connectivity index (χ0) is 20.3. The molecule has 154 valence electrons. The molecular weight excluding hydrogens is 354 g/mol. The van der Waals surface area contributed by atoms with Crippen LogP contribution in [0.15, 0.2) is 28.9 Å². The first-order valence-electron chi connectivity index (χ1n) is 10.4. The van der Waals surface area contributed by atoms with Crippen LogP contribution in [0.2, 0.25) is 0 Å². The van der Waals surface area contributed by atoms with Gasteiger partial charge in [0.15, 0.2) is 0 Å². The SMILES string of the molecule is CC(C)CCN1C(=O)N(C(C)C)C(=O)C12CCN(C/C=C/c1ccco1)CC2. The number of hydrogen-bond acceptors (Lipinski definition) is 4. The largest absolute Gasteiger partial charge is 0.465 e. The summed E-state index contributed by atoms with van der Waals surface area (Å²) in [6, 6.07) is 3.60. The summed E-state index contributed by atoms with van der Waals surface area (Å²) >= 11 is 0. The van der Waals surface area contributed by atoms with E-state index in [2.05, 4.69) is 24.8 Å². The number of furan rings is 1. The molecule has 0 aliphatic carbocycles. The summed E-state index contributed by atoms with van der Waals surface area (Å²) in [7, 11) is 0. The Balaban J connectivity index is 1.68. The first-order chi connectivity index (χ1) is 13.3. The van der Waals surface area contributed by atoms with Crippen LogP contribution in [-0.2, 0) is 4.79 Å². The Morgan fingerprint density at radius 3 is 2.46 bits per heavy atom. The lowest BCUT2D eigenvalue weighted by Gasteiger charge is -2.42. The third-order valence-electron chi connectivity index (χ3n) is 5.89. The molecule has 0 aromatic carbocycles. The van der Waals surface area contributed by atoms with Crippen molar-refractivity contribution in [3.63, 3.8) is 0 Å². The average Bonchev–Trinajstić information content (AvgIpc) is 3.22. The molecule has 0 unspecified atom stereocenters. The normalized spacial score (nSPS) is 20.6. The van der Waals surface area contributed by atoms with E-state index < -0.39 is 5.54 Å². The molecule has 2 aliphatic rings. The maximum absolute atomic E-state index is 13.3. The molecule has 2 saturated heterocycles. The molecule has 0 N–H and O–H groups in total. The predicted molar refractivity (Wildman–Crippen MR) is 110 cm³/mol. The number of urea groups is 1. The maximum atomic E-state index is 13.3. The second kappa shape index (κ2) is 8.52. The number of likely N-dealkylation sites (tertiary alicyclic amines) is 1. The molecule has 2 aliphatic heterocycles. The number of hydrogen-bond donors (Lipinski definition) is 0. The van der Waals surface area contributed by atoms with Gasteiger partial charge in [-0.1, -0.05) is 19.9 Å². The molecule has 6 heteroatoms. The summed E-state index contributed by atoms with van der Waals surface area (Å²) in [6.45, 7) is 11.3. The van der Waals surface area contributed by atoms with Crippen LogP contribution in [0.25, 0.3) is 6.08 Å². The van der Waals surface area contributed by atoms with Crippen molar-refractivity contribution >= 4 is 18.0 Å². The lowest BCUT2D eigenvalue weighted by atomic mass is 9.85. The highest BCUT2D eigenvalue weighted by atomic mass is 16.3. The molecular formula is C22H33N3O3. The van der Waals surface area contributed by atoms with E-state index in [0.29, 0.717) is 25.3 Å². The van der Waals surface area contributed by atoms with Gasteiger partial charge in [-0.15, -0.1) is 0 Å². The molecule has 0 bridgehead atoms. The summed E-state index contributed by atoms with van der Waals surface area (Å²) in [6.07, 6.45) is 8.06. The summed E-state index contributed by atoms with van der Waals surface area (Å²) in [5, 5.41) is 0. The Bertz CT molecular complexity index is 701. The summed E-state index contributed by atoms with van der Waals surface area (Å²) in [4.78, 5) is 32.0. The van der Waals surface area contributed by atoms with Crippen LogP contribution in [0.3, 0.4) is 0 Å². The van der Waals surface area contributed by atoms with Gasteiger partial charge < -0.3 is 9.32 Å². The van der Waals surface area contributed by atoms with Gasteiger partial charge in [-0.25, -0.2) is 4.79 Å². The summed E-state index contributed by atoms with van der Waals surface area (Å²) < 4.78 is 5.32. The van der Waals surface area contributed by atoms with Gasteiger partial charge in [0.1, 0.15) is 11.3 Å². The average molecular weight is 388 g/mol. The Kier molecular flexibility index (Phi) is 6.28. The zero-order valence-electron chi connectivity index (χ0n) is 17.6. The molecule has 0 atom stereocenters. The molecule has 2 fully saturated rings. The molecule has 1 spiro atoms. The molecule has 3 rings (SSSR count). The topological polar surface area (TPSA) is 57.0 Å². The Morgan fingerprint density at radius 2 is 1.89 bits per heavy atom. The standard InChI is InChI=1S/C22H33N3O3/c1-17(2)9-13-24-21(27)25(18(3)4)20(26)22(24)10-14-23(15-11-22)12-5-7-19-8-6-16-28-19/h5-8,16-18H,9-15H2,1-4H3/b7-5+. The Morgan fingerprint density at radius 1 is 1.18 bits per heavy atom. The highest BCUT2D eigenvalue weighted by Crippen LogP contribution is 2.38. The van der Waals surface area contributed by atoms with E-state index in [1.165, 1.54) is 4.90 Å². The fourth-order valence-corrected chi connectivity index (χ4v) is 4.19. The van der Waals surface area contributed by atoms with Crippen LogP contribution in [0, 0.1) is 5.92 Å². The van der Waals surface area contributed by atoms with Crippen LogP contribution in [-0.4, -0.2) is 64.4 Å². The van der Waals surface area contributed by atoms with Crippen molar-refractivity contribution in [2.45, 2.75) is 58.5 Å². The van der Waals surface area contributed by atoms with Gasteiger partial charge in [0.2, 0.25) is 0 Å². The third-order valence-corrected chi connectivity index (χ3v) is 5.89. The monoisotopic (exact) mass is 387 g/mol. The van der Waals surface area contributed by atoms with Crippen molar-refractivity contribution in [2.75, 3.05) is 26.2 Å². The highest BCUT2D eigenvalue weighted by Gasteiger charge is 2.58. The van der Waals surface area contributed by atoms with E-state index in [9.17, 15) is 9.59 Å². The minimum atomic E-state index is -0.655. The van der Waals surface area contributed by atoms with Crippen LogP contribution in [0.1, 0.15) is 52.7 Å². The fourth-order valence-electron chi connectivity index (χ4n) is 4.19. The van der Waals surface area contributed by atoms with Crippen LogP contribution >= 0.6 is 0 Å². The minimum Gasteiger partial charge on any atom is -0.465 e. The number of amides is 3. The minimum absolute atomic E-state index is 0.00188. The lowest BCUT2D eigenvalue weighted by molar-refractivity contribution is -0.136. The number of carbonyl (C=O) groups is 2.